The number of aromatic hydroxyl groups is 2. The molecule has 2 aromatic carbocycles. The van der Waals surface area contributed by atoms with Crippen LogP contribution in [0.25, 0.3) is 0 Å². The Hall–Kier alpha value is -3.15. The van der Waals surface area contributed by atoms with E-state index in [9.17, 15) is 28.2 Å². The second-order valence-corrected chi connectivity index (χ2v) is 12.7. The molecule has 0 saturated carbocycles. The number of nitrogens with zero attached hydrogens (tertiary/aromatic N) is 1. The number of rotatable bonds is 9. The number of phenols is 2. The third kappa shape index (κ3) is 21.2. The molecular formula is C39H74N4O6S. The van der Waals surface area contributed by atoms with E-state index in [0.29, 0.717) is 25.8 Å². The summed E-state index contributed by atoms with van der Waals surface area (Å²) < 4.78 is 24.6. The smallest absolute Gasteiger partial charge is 0.238 e. The van der Waals surface area contributed by atoms with Crippen molar-refractivity contribution in [1.29, 1.82) is 0 Å². The van der Waals surface area contributed by atoms with Gasteiger partial charge >= 0.3 is 0 Å². The molecule has 4 rings (SSSR count). The van der Waals surface area contributed by atoms with Gasteiger partial charge in [0.25, 0.3) is 0 Å². The minimum absolute atomic E-state index is 0. The van der Waals surface area contributed by atoms with Gasteiger partial charge in [-0.1, -0.05) is 94.5 Å². The highest BCUT2D eigenvalue weighted by atomic mass is 32.2. The molecule has 2 heterocycles. The third-order valence-electron chi connectivity index (χ3n) is 7.04. The van der Waals surface area contributed by atoms with Crippen LogP contribution in [0.4, 0.5) is 0 Å². The number of amides is 2. The van der Waals surface area contributed by atoms with E-state index in [0.717, 1.165) is 43.2 Å². The van der Waals surface area contributed by atoms with E-state index in [1.807, 2.05) is 81.4 Å². The van der Waals surface area contributed by atoms with Crippen molar-refractivity contribution in [1.82, 2.24) is 20.3 Å². The van der Waals surface area contributed by atoms with E-state index in [4.69, 9.17) is 0 Å². The highest BCUT2D eigenvalue weighted by molar-refractivity contribution is 7.88. The molecule has 2 aromatic rings. The van der Waals surface area contributed by atoms with Gasteiger partial charge in [0.2, 0.25) is 21.8 Å². The van der Waals surface area contributed by atoms with Crippen LogP contribution < -0.4 is 16.0 Å². The number of hydrogen-bond donors (Lipinski definition) is 5. The predicted octanol–water partition coefficient (Wildman–Crippen LogP) is 7.43. The van der Waals surface area contributed by atoms with Gasteiger partial charge in [0, 0.05) is 18.6 Å². The Labute approximate surface area is 306 Å². The van der Waals surface area contributed by atoms with Crippen LogP contribution in [0.3, 0.4) is 0 Å². The van der Waals surface area contributed by atoms with E-state index in [-0.39, 0.29) is 56.3 Å². The Morgan fingerprint density at radius 3 is 1.50 bits per heavy atom. The van der Waals surface area contributed by atoms with Crippen LogP contribution in [0, 0.1) is 0 Å². The topological polar surface area (TPSA) is 148 Å². The standard InChI is InChI=1S/C15H22N2O4S.C14H20N2O2.4C2H6.2CH4/c1-11(10-12-5-7-13(18)8-6-12)16-15(19)14-4-3-9-17(14)22(2,20)21;1-10(9-11-4-6-12(17)7-5-11)16-14(18)13-3-2-8-15-13;4*1-2;;/h5-8,11,14,18H,3-4,9-10H2,1-2H3,(H,16,19);4-7,10,13,15,17H,2-3,8-9H2,1H3,(H,16,18);4*1-2H3;2*1H4. The predicted molar refractivity (Wildman–Crippen MR) is 213 cm³/mol. The highest BCUT2D eigenvalue weighted by Gasteiger charge is 2.36. The molecule has 0 bridgehead atoms. The van der Waals surface area contributed by atoms with Gasteiger partial charge in [-0.15, -0.1) is 0 Å². The number of hydrogen-bond acceptors (Lipinski definition) is 7. The SMILES string of the molecule is C.C.CC.CC.CC.CC.CC(Cc1ccc(O)cc1)NC(=O)C1CCCN1.CC(Cc1ccc(O)cc1)NC(=O)C1CCCN1S(C)(=O)=O. The monoisotopic (exact) mass is 727 g/mol. The van der Waals surface area contributed by atoms with Crippen LogP contribution in [-0.2, 0) is 32.5 Å². The van der Waals surface area contributed by atoms with Gasteiger partial charge in [-0.3, -0.25) is 9.59 Å². The maximum Gasteiger partial charge on any atom is 0.238 e. The van der Waals surface area contributed by atoms with E-state index in [1.54, 1.807) is 36.4 Å². The number of benzene rings is 2. The molecule has 2 amide bonds. The van der Waals surface area contributed by atoms with Crippen LogP contribution in [0.5, 0.6) is 11.5 Å². The molecule has 4 unspecified atom stereocenters. The summed E-state index contributed by atoms with van der Waals surface area (Å²) in [7, 11) is -3.35. The Bertz CT molecular complexity index is 1220. The summed E-state index contributed by atoms with van der Waals surface area (Å²) in [5.41, 5.74) is 2.11. The number of carbonyl (C=O) groups is 2. The summed E-state index contributed by atoms with van der Waals surface area (Å²) in [4.78, 5) is 24.2. The molecule has 2 aliphatic heterocycles. The molecule has 11 heteroatoms. The first kappa shape index (κ1) is 53.6. The van der Waals surface area contributed by atoms with Crippen molar-refractivity contribution in [3.05, 3.63) is 59.7 Å². The Kier molecular flexibility index (Phi) is 32.9. The molecule has 5 N–H and O–H groups in total. The van der Waals surface area contributed by atoms with Gasteiger partial charge in [0.05, 0.1) is 12.3 Å². The van der Waals surface area contributed by atoms with E-state index in [1.165, 1.54) is 4.31 Å². The summed E-state index contributed by atoms with van der Waals surface area (Å²) >= 11 is 0. The van der Waals surface area contributed by atoms with Gasteiger partial charge in [-0.25, -0.2) is 8.42 Å². The summed E-state index contributed by atoms with van der Waals surface area (Å²) in [5.74, 6) is 0.328. The average molecular weight is 727 g/mol. The second-order valence-electron chi connectivity index (χ2n) is 10.7. The highest BCUT2D eigenvalue weighted by Crippen LogP contribution is 2.21. The molecular weight excluding hydrogens is 653 g/mol. The molecule has 0 aromatic heterocycles. The lowest BCUT2D eigenvalue weighted by Crippen LogP contribution is -2.48. The van der Waals surface area contributed by atoms with Crippen molar-refractivity contribution in [3.63, 3.8) is 0 Å². The molecule has 2 aliphatic rings. The van der Waals surface area contributed by atoms with Gasteiger partial charge in [-0.2, -0.15) is 4.31 Å². The zero-order valence-corrected chi connectivity index (χ0v) is 32.3. The maximum absolute atomic E-state index is 12.3. The minimum atomic E-state index is -3.35. The first-order chi connectivity index (χ1) is 22.9. The zero-order chi connectivity index (χ0) is 37.3. The zero-order valence-electron chi connectivity index (χ0n) is 31.5. The molecule has 292 valence electrons. The van der Waals surface area contributed by atoms with Gasteiger partial charge in [-0.05, 0) is 94.3 Å². The van der Waals surface area contributed by atoms with Crippen LogP contribution >= 0.6 is 0 Å². The first-order valence-electron chi connectivity index (χ1n) is 17.8. The minimum Gasteiger partial charge on any atom is -0.508 e. The van der Waals surface area contributed by atoms with Crippen molar-refractivity contribution in [2.24, 2.45) is 0 Å². The molecule has 0 spiro atoms. The van der Waals surface area contributed by atoms with Crippen molar-refractivity contribution in [2.75, 3.05) is 19.3 Å². The van der Waals surface area contributed by atoms with Gasteiger partial charge < -0.3 is 26.2 Å². The number of nitrogens with one attached hydrogen (secondary N) is 3. The first-order valence-corrected chi connectivity index (χ1v) is 19.6. The second kappa shape index (κ2) is 30.7. The molecule has 2 saturated heterocycles. The van der Waals surface area contributed by atoms with Crippen molar-refractivity contribution < 1.29 is 28.2 Å². The quantitative estimate of drug-likeness (QED) is 0.181. The van der Waals surface area contributed by atoms with Crippen LogP contribution in [0.15, 0.2) is 48.5 Å². The lowest BCUT2D eigenvalue weighted by molar-refractivity contribution is -0.125. The van der Waals surface area contributed by atoms with E-state index < -0.39 is 16.1 Å². The normalized spacial score (nSPS) is 17.0. The fraction of sp³-hybridized carbons (Fsp3) is 0.641. The molecule has 0 aliphatic carbocycles. The number of phenolic OH excluding ortho intramolecular Hbond substituents is 2. The average Bonchev–Trinajstić information content (AvgIpc) is 3.81. The van der Waals surface area contributed by atoms with Crippen molar-refractivity contribution >= 4 is 21.8 Å². The Morgan fingerprint density at radius 1 is 0.740 bits per heavy atom. The van der Waals surface area contributed by atoms with Crippen LogP contribution in [0.1, 0.15) is 121 Å². The van der Waals surface area contributed by atoms with Gasteiger partial charge in [0.15, 0.2) is 0 Å². The Balaban J connectivity index is -0.000000345. The molecule has 4 atom stereocenters. The van der Waals surface area contributed by atoms with Crippen LogP contribution in [0.2, 0.25) is 0 Å². The largest absolute Gasteiger partial charge is 0.508 e. The molecule has 10 nitrogen and oxygen atoms in total. The summed E-state index contributed by atoms with van der Waals surface area (Å²) in [6.07, 6.45) is 5.80. The van der Waals surface area contributed by atoms with Crippen LogP contribution in [-0.4, -0.2) is 78.3 Å². The molecule has 2 fully saturated rings. The van der Waals surface area contributed by atoms with E-state index >= 15 is 0 Å². The third-order valence-corrected chi connectivity index (χ3v) is 8.33. The Morgan fingerprint density at radius 2 is 1.14 bits per heavy atom. The fourth-order valence-corrected chi connectivity index (χ4v) is 6.19. The summed E-state index contributed by atoms with van der Waals surface area (Å²) in [5, 5.41) is 27.5. The number of sulfonamides is 1. The molecule has 50 heavy (non-hydrogen) atoms. The summed E-state index contributed by atoms with van der Waals surface area (Å²) in [6, 6.07) is 13.3. The lowest BCUT2D eigenvalue weighted by atomic mass is 10.1. The number of carbonyl (C=O) groups excluding carboxylic acids is 2. The summed E-state index contributed by atoms with van der Waals surface area (Å²) in [6.45, 7) is 21.2. The van der Waals surface area contributed by atoms with Crippen molar-refractivity contribution in [2.45, 2.75) is 147 Å². The van der Waals surface area contributed by atoms with Crippen molar-refractivity contribution in [3.8, 4) is 11.5 Å². The lowest BCUT2D eigenvalue weighted by Gasteiger charge is -2.23. The van der Waals surface area contributed by atoms with Gasteiger partial charge in [0.1, 0.15) is 17.5 Å². The maximum atomic E-state index is 12.3. The molecule has 0 radical (unpaired) electrons. The van der Waals surface area contributed by atoms with E-state index in [2.05, 4.69) is 16.0 Å². The fourth-order valence-electron chi connectivity index (χ4n) is 5.06.